The van der Waals surface area contributed by atoms with Crippen molar-refractivity contribution < 1.29 is 4.79 Å². The Kier molecular flexibility index (Phi) is 5.12. The topological polar surface area (TPSA) is 81.8 Å². The molecule has 7 heteroatoms. The summed E-state index contributed by atoms with van der Waals surface area (Å²) >= 11 is 0. The molecule has 0 bridgehead atoms. The molecular weight excluding hydrogens is 366 g/mol. The molecule has 0 atom stereocenters. The monoisotopic (exact) mass is 389 g/mol. The Morgan fingerprint density at radius 1 is 1.14 bits per heavy atom. The highest BCUT2D eigenvalue weighted by molar-refractivity contribution is 5.93. The fraction of sp³-hybridized carbons (Fsp3) is 0.273. The standard InChI is InChI=1S/C22H23N5O2/c1-15(2)14-26-11-9-16-13-17(7-8-20(16)26)23-21(28)10-12-27-22(29)18-5-3-4-6-19(18)24-25-27/h3-9,11,13,15H,10,12,14H2,1-2H3,(H,23,28). The van der Waals surface area contributed by atoms with Crippen LogP contribution in [0.1, 0.15) is 20.3 Å². The number of nitrogens with one attached hydrogen (secondary N) is 1. The van der Waals surface area contributed by atoms with Crippen LogP contribution in [-0.4, -0.2) is 25.5 Å². The number of rotatable bonds is 6. The summed E-state index contributed by atoms with van der Waals surface area (Å²) in [5.74, 6) is 0.388. The van der Waals surface area contributed by atoms with Gasteiger partial charge in [0.25, 0.3) is 5.56 Å². The molecule has 29 heavy (non-hydrogen) atoms. The Hall–Kier alpha value is -3.48. The van der Waals surface area contributed by atoms with E-state index in [1.54, 1.807) is 18.2 Å². The Labute approximate surface area is 168 Å². The van der Waals surface area contributed by atoms with Gasteiger partial charge in [-0.15, -0.1) is 5.10 Å². The van der Waals surface area contributed by atoms with E-state index >= 15 is 0 Å². The summed E-state index contributed by atoms with van der Waals surface area (Å²) in [5, 5.41) is 12.4. The first-order valence-electron chi connectivity index (χ1n) is 9.72. The van der Waals surface area contributed by atoms with Gasteiger partial charge in [-0.1, -0.05) is 31.2 Å². The van der Waals surface area contributed by atoms with Crippen molar-refractivity contribution in [1.29, 1.82) is 0 Å². The molecule has 0 spiro atoms. The van der Waals surface area contributed by atoms with E-state index in [1.807, 2.05) is 24.3 Å². The molecule has 0 unspecified atom stereocenters. The van der Waals surface area contributed by atoms with E-state index in [4.69, 9.17) is 0 Å². The average molecular weight is 389 g/mol. The second-order valence-electron chi connectivity index (χ2n) is 7.57. The van der Waals surface area contributed by atoms with Crippen LogP contribution in [0.25, 0.3) is 21.8 Å². The maximum absolute atomic E-state index is 12.5. The molecule has 0 aliphatic carbocycles. The van der Waals surface area contributed by atoms with Crippen LogP contribution in [0.3, 0.4) is 0 Å². The number of hydrogen-bond acceptors (Lipinski definition) is 4. The van der Waals surface area contributed by atoms with E-state index < -0.39 is 0 Å². The minimum atomic E-state index is -0.240. The molecule has 0 saturated heterocycles. The lowest BCUT2D eigenvalue weighted by Gasteiger charge is -2.10. The molecular formula is C22H23N5O2. The number of aryl methyl sites for hydroxylation is 1. The number of fused-ring (bicyclic) bond motifs is 2. The van der Waals surface area contributed by atoms with Crippen LogP contribution in [0.15, 0.2) is 59.5 Å². The second-order valence-corrected chi connectivity index (χ2v) is 7.57. The molecule has 2 aromatic heterocycles. The Bertz CT molecular complexity index is 1240. The van der Waals surface area contributed by atoms with Gasteiger partial charge in [-0.2, -0.15) is 0 Å². The molecule has 7 nitrogen and oxygen atoms in total. The van der Waals surface area contributed by atoms with Gasteiger partial charge in [0.05, 0.1) is 11.9 Å². The summed E-state index contributed by atoms with van der Waals surface area (Å²) in [7, 11) is 0. The third-order valence-electron chi connectivity index (χ3n) is 4.80. The highest BCUT2D eigenvalue weighted by Gasteiger charge is 2.09. The first kappa shape index (κ1) is 18.9. The van der Waals surface area contributed by atoms with Crippen LogP contribution < -0.4 is 10.9 Å². The number of carbonyl (C=O) groups is 1. The van der Waals surface area contributed by atoms with Gasteiger partial charge < -0.3 is 9.88 Å². The third-order valence-corrected chi connectivity index (χ3v) is 4.80. The van der Waals surface area contributed by atoms with Crippen LogP contribution in [0, 0.1) is 5.92 Å². The molecule has 0 saturated carbocycles. The summed E-state index contributed by atoms with van der Waals surface area (Å²) < 4.78 is 3.45. The van der Waals surface area contributed by atoms with Gasteiger partial charge in [-0.3, -0.25) is 9.59 Å². The van der Waals surface area contributed by atoms with Gasteiger partial charge in [0, 0.05) is 35.8 Å². The normalized spacial score (nSPS) is 11.4. The van der Waals surface area contributed by atoms with E-state index in [1.165, 1.54) is 4.68 Å². The highest BCUT2D eigenvalue weighted by atomic mass is 16.2. The summed E-state index contributed by atoms with van der Waals surface area (Å²) in [6.07, 6.45) is 2.21. The van der Waals surface area contributed by atoms with Crippen LogP contribution in [-0.2, 0) is 17.9 Å². The zero-order valence-corrected chi connectivity index (χ0v) is 16.5. The predicted octanol–water partition coefficient (Wildman–Crippen LogP) is 3.43. The van der Waals surface area contributed by atoms with Crippen molar-refractivity contribution in [2.75, 3.05) is 5.32 Å². The Morgan fingerprint density at radius 3 is 2.79 bits per heavy atom. The number of aromatic nitrogens is 4. The third kappa shape index (κ3) is 4.03. The number of carbonyl (C=O) groups excluding carboxylic acids is 1. The average Bonchev–Trinajstić information content (AvgIpc) is 3.09. The van der Waals surface area contributed by atoms with Crippen molar-refractivity contribution in [1.82, 2.24) is 19.6 Å². The lowest BCUT2D eigenvalue weighted by Crippen LogP contribution is -2.26. The van der Waals surface area contributed by atoms with E-state index in [0.29, 0.717) is 16.8 Å². The maximum atomic E-state index is 12.5. The Balaban J connectivity index is 1.43. The van der Waals surface area contributed by atoms with Gasteiger partial charge in [0.15, 0.2) is 0 Å². The molecule has 4 aromatic rings. The fourth-order valence-electron chi connectivity index (χ4n) is 3.43. The SMILES string of the molecule is CC(C)Cn1ccc2cc(NC(=O)CCn3nnc4ccccc4c3=O)ccc21. The second kappa shape index (κ2) is 7.87. The number of amides is 1. The lowest BCUT2D eigenvalue weighted by molar-refractivity contribution is -0.116. The molecule has 0 aliphatic heterocycles. The largest absolute Gasteiger partial charge is 0.347 e. The van der Waals surface area contributed by atoms with Crippen molar-refractivity contribution in [2.45, 2.75) is 33.4 Å². The van der Waals surface area contributed by atoms with Gasteiger partial charge in [-0.05, 0) is 42.3 Å². The van der Waals surface area contributed by atoms with Crippen LogP contribution in [0.4, 0.5) is 5.69 Å². The highest BCUT2D eigenvalue weighted by Crippen LogP contribution is 2.21. The maximum Gasteiger partial charge on any atom is 0.277 e. The Morgan fingerprint density at radius 2 is 1.97 bits per heavy atom. The minimum Gasteiger partial charge on any atom is -0.347 e. The number of benzene rings is 2. The molecule has 4 rings (SSSR count). The quantitative estimate of drug-likeness (QED) is 0.548. The van der Waals surface area contributed by atoms with Crippen LogP contribution in [0.2, 0.25) is 0 Å². The smallest absolute Gasteiger partial charge is 0.277 e. The van der Waals surface area contributed by atoms with Gasteiger partial charge in [-0.25, -0.2) is 4.68 Å². The fourth-order valence-corrected chi connectivity index (χ4v) is 3.43. The lowest BCUT2D eigenvalue weighted by atomic mass is 10.2. The zero-order valence-electron chi connectivity index (χ0n) is 16.5. The first-order chi connectivity index (χ1) is 14.0. The van der Waals surface area contributed by atoms with Crippen molar-refractivity contribution >= 4 is 33.4 Å². The minimum absolute atomic E-state index is 0.138. The zero-order chi connectivity index (χ0) is 20.4. The number of anilines is 1. The molecule has 0 fully saturated rings. The van der Waals surface area contributed by atoms with E-state index in [0.717, 1.165) is 23.1 Å². The summed E-state index contributed by atoms with van der Waals surface area (Å²) in [5.41, 5.74) is 2.20. The van der Waals surface area contributed by atoms with Crippen molar-refractivity contribution in [2.24, 2.45) is 5.92 Å². The molecule has 0 aliphatic rings. The first-order valence-corrected chi connectivity index (χ1v) is 9.72. The van der Waals surface area contributed by atoms with Gasteiger partial charge in [0.1, 0.15) is 5.52 Å². The molecule has 0 radical (unpaired) electrons. The van der Waals surface area contributed by atoms with Crippen molar-refractivity contribution in [3.8, 4) is 0 Å². The summed E-state index contributed by atoms with van der Waals surface area (Å²) in [6, 6.07) is 15.0. The van der Waals surface area contributed by atoms with Gasteiger partial charge in [0.2, 0.25) is 5.91 Å². The molecule has 2 aromatic carbocycles. The molecule has 2 heterocycles. The van der Waals surface area contributed by atoms with Gasteiger partial charge >= 0.3 is 0 Å². The van der Waals surface area contributed by atoms with E-state index in [9.17, 15) is 9.59 Å². The van der Waals surface area contributed by atoms with Crippen LogP contribution >= 0.6 is 0 Å². The van der Waals surface area contributed by atoms with Crippen LogP contribution in [0.5, 0.6) is 0 Å². The van der Waals surface area contributed by atoms with Crippen molar-refractivity contribution in [3.63, 3.8) is 0 Å². The summed E-state index contributed by atoms with van der Waals surface area (Å²) in [6.45, 7) is 5.50. The predicted molar refractivity (Wildman–Crippen MR) is 114 cm³/mol. The number of hydrogen-bond donors (Lipinski definition) is 1. The number of nitrogens with zero attached hydrogens (tertiary/aromatic N) is 4. The molecule has 148 valence electrons. The summed E-state index contributed by atoms with van der Waals surface area (Å²) in [4.78, 5) is 24.8. The van der Waals surface area contributed by atoms with E-state index in [-0.39, 0.29) is 24.4 Å². The molecule has 1 N–H and O–H groups in total. The van der Waals surface area contributed by atoms with E-state index in [2.05, 4.69) is 46.3 Å². The van der Waals surface area contributed by atoms with Crippen molar-refractivity contribution in [3.05, 3.63) is 65.1 Å². The molecule has 1 amide bonds.